The third-order valence-electron chi connectivity index (χ3n) is 17.0. The van der Waals surface area contributed by atoms with Crippen LogP contribution in [0.15, 0.2) is 146 Å². The van der Waals surface area contributed by atoms with Crippen LogP contribution in [0.3, 0.4) is 0 Å². The summed E-state index contributed by atoms with van der Waals surface area (Å²) in [5, 5.41) is 40.2. The van der Waals surface area contributed by atoms with Crippen LogP contribution in [-0.2, 0) is 19.2 Å². The number of aromatic hydroxyl groups is 4. The Kier molecular flexibility index (Phi) is 12.2. The summed E-state index contributed by atoms with van der Waals surface area (Å²) in [4.78, 5) is 88.4. The largest absolute Gasteiger partial charge is 0.508 e. The van der Waals surface area contributed by atoms with Gasteiger partial charge in [-0.1, -0.05) is 104 Å². The van der Waals surface area contributed by atoms with Crippen LogP contribution < -0.4 is 19.6 Å². The summed E-state index contributed by atoms with van der Waals surface area (Å²) in [6, 6.07) is 39.0. The van der Waals surface area contributed by atoms with Gasteiger partial charge >= 0.3 is 0 Å². The van der Waals surface area contributed by atoms with Gasteiger partial charge in [0.05, 0.1) is 22.0 Å². The van der Waals surface area contributed by atoms with Gasteiger partial charge in [0, 0.05) is 57.5 Å². The lowest BCUT2D eigenvalue weighted by atomic mass is 9.53. The molecule has 4 N–H and O–H groups in total. The first kappa shape index (κ1) is 50.7. The second kappa shape index (κ2) is 17.7. The van der Waals surface area contributed by atoms with Crippen molar-refractivity contribution in [3.05, 3.63) is 168 Å². The number of nitrogens with zero attached hydrogens (tertiary/aromatic N) is 4. The molecule has 10 rings (SSSR count). The number of phenolic OH excluding ortho intramolecular Hbond substituents is 4. The van der Waals surface area contributed by atoms with Crippen molar-refractivity contribution in [2.75, 3.05) is 19.6 Å². The molecule has 0 unspecified atom stereocenters. The Balaban J connectivity index is 0.000000186. The molecule has 4 fully saturated rings. The summed E-state index contributed by atoms with van der Waals surface area (Å²) in [5.41, 5.74) is -2.02. The second-order valence-corrected chi connectivity index (χ2v) is 21.7. The Morgan fingerprint density at radius 3 is 1.12 bits per heavy atom. The zero-order valence-electron chi connectivity index (χ0n) is 42.7. The average molecular weight is 997 g/mol. The van der Waals surface area contributed by atoms with Crippen molar-refractivity contribution in [2.24, 2.45) is 21.7 Å². The van der Waals surface area contributed by atoms with Gasteiger partial charge in [0.15, 0.2) is 11.6 Å². The first-order valence-corrected chi connectivity index (χ1v) is 24.7. The molecular formula is C60H60N4O10. The third-order valence-corrected chi connectivity index (χ3v) is 17.0. The molecule has 4 aliphatic rings. The Hall–Kier alpha value is -8.26. The number of benzene rings is 6. The van der Waals surface area contributed by atoms with Gasteiger partial charge in [-0.3, -0.25) is 48.4 Å². The monoisotopic (exact) mass is 996 g/mol. The van der Waals surface area contributed by atoms with Crippen LogP contribution in [-0.4, -0.2) is 66.9 Å². The summed E-state index contributed by atoms with van der Waals surface area (Å²) >= 11 is 0. The van der Waals surface area contributed by atoms with Crippen LogP contribution in [0.5, 0.6) is 23.0 Å². The topological polar surface area (TPSA) is 196 Å². The summed E-state index contributed by atoms with van der Waals surface area (Å²) < 4.78 is 0. The smallest absolute Gasteiger partial charge is 0.235 e. The van der Waals surface area contributed by atoms with Gasteiger partial charge in [-0.05, 0) is 110 Å². The van der Waals surface area contributed by atoms with E-state index in [9.17, 15) is 49.2 Å². The molecule has 74 heavy (non-hydrogen) atoms. The van der Waals surface area contributed by atoms with E-state index >= 15 is 0 Å². The van der Waals surface area contributed by atoms with Crippen molar-refractivity contribution >= 4 is 57.9 Å². The molecule has 4 saturated heterocycles. The maximum atomic E-state index is 14.2. The highest BCUT2D eigenvalue weighted by molar-refractivity contribution is 6.14. The fourth-order valence-corrected chi connectivity index (χ4v) is 12.0. The number of amides is 4. The Labute approximate surface area is 430 Å². The minimum atomic E-state index is -1.07. The van der Waals surface area contributed by atoms with E-state index in [-0.39, 0.29) is 82.2 Å². The van der Waals surface area contributed by atoms with Crippen molar-refractivity contribution in [2.45, 2.75) is 92.4 Å². The summed E-state index contributed by atoms with van der Waals surface area (Å²) in [5.74, 6) is -1.37. The third kappa shape index (κ3) is 7.27. The van der Waals surface area contributed by atoms with E-state index in [0.29, 0.717) is 46.7 Å². The van der Waals surface area contributed by atoms with Crippen molar-refractivity contribution in [1.82, 2.24) is 0 Å². The van der Waals surface area contributed by atoms with Gasteiger partial charge in [0.1, 0.15) is 34.3 Å². The normalized spacial score (nSPS) is 19.6. The first-order valence-electron chi connectivity index (χ1n) is 24.7. The molecule has 6 aromatic carbocycles. The van der Waals surface area contributed by atoms with Gasteiger partial charge < -0.3 is 20.4 Å². The van der Waals surface area contributed by atoms with E-state index in [1.807, 2.05) is 27.7 Å². The van der Waals surface area contributed by atoms with Gasteiger partial charge in [-0.15, -0.1) is 0 Å². The number of anilines is 4. The molecule has 4 aliphatic heterocycles. The molecule has 6 aromatic rings. The van der Waals surface area contributed by atoms with E-state index in [0.717, 1.165) is 0 Å². The van der Waals surface area contributed by atoms with Crippen LogP contribution in [0.2, 0.25) is 0 Å². The molecule has 0 atom stereocenters. The lowest BCUT2D eigenvalue weighted by Crippen LogP contribution is -2.69. The molecule has 0 aromatic heterocycles. The maximum absolute atomic E-state index is 14.2. The summed E-state index contributed by atoms with van der Waals surface area (Å²) in [6.07, 6.45) is 1.18. The van der Waals surface area contributed by atoms with Gasteiger partial charge in [-0.25, -0.2) is 0 Å². The molecule has 4 amide bonds. The molecule has 14 nitrogen and oxygen atoms in total. The number of para-hydroxylation sites is 2. The van der Waals surface area contributed by atoms with Crippen LogP contribution in [0, 0.1) is 21.7 Å². The molecule has 2 spiro atoms. The first-order chi connectivity index (χ1) is 34.9. The fraction of sp³-hybridized carbons (Fsp3) is 0.300. The highest BCUT2D eigenvalue weighted by Crippen LogP contribution is 2.72. The number of ketones is 2. The van der Waals surface area contributed by atoms with E-state index in [1.165, 1.54) is 24.3 Å². The average Bonchev–Trinajstić information content (AvgIpc) is 3.96. The summed E-state index contributed by atoms with van der Waals surface area (Å²) in [7, 11) is 0. The molecule has 4 heterocycles. The SMILES string of the molecule is CC1(C)C(=O)N(c2ccc(O)cc2)C2(N(c3ccc(O)cc3)C(=O)C(C)(C)C2(C)C)C1(C)C.O=C(c1cccc(N2C(=O)CCC23CCC(=O)N3c2cccc(C(=O)c3ccccc3O)c2)c1)c1ccccc1O. The lowest BCUT2D eigenvalue weighted by molar-refractivity contribution is -0.127. The Bertz CT molecular complexity index is 3070. The highest BCUT2D eigenvalue weighted by Gasteiger charge is 2.82. The van der Waals surface area contributed by atoms with Crippen LogP contribution in [0.25, 0.3) is 0 Å². The van der Waals surface area contributed by atoms with E-state index < -0.39 is 33.0 Å². The highest BCUT2D eigenvalue weighted by atomic mass is 16.3. The van der Waals surface area contributed by atoms with Crippen LogP contribution in [0.1, 0.15) is 113 Å². The minimum absolute atomic E-state index is 0.0828. The lowest BCUT2D eigenvalue weighted by Gasteiger charge is -2.58. The number of rotatable bonds is 8. The van der Waals surface area contributed by atoms with E-state index in [4.69, 9.17) is 0 Å². The second-order valence-electron chi connectivity index (χ2n) is 21.7. The quantitative estimate of drug-likeness (QED) is 0.107. The van der Waals surface area contributed by atoms with Crippen molar-refractivity contribution < 1.29 is 49.2 Å². The molecule has 380 valence electrons. The number of carbonyl (C=O) groups is 6. The van der Waals surface area contributed by atoms with Crippen molar-refractivity contribution in [3.8, 4) is 23.0 Å². The maximum Gasteiger partial charge on any atom is 0.235 e. The van der Waals surface area contributed by atoms with Crippen LogP contribution >= 0.6 is 0 Å². The number of hydrogen-bond donors (Lipinski definition) is 4. The van der Waals surface area contributed by atoms with E-state index in [1.54, 1.807) is 141 Å². The molecule has 0 saturated carbocycles. The minimum Gasteiger partial charge on any atom is -0.508 e. The molecular weight excluding hydrogens is 937 g/mol. The number of carbonyl (C=O) groups excluding carboxylic acids is 6. The van der Waals surface area contributed by atoms with Gasteiger partial charge in [0.2, 0.25) is 23.6 Å². The zero-order chi connectivity index (χ0) is 53.5. The molecule has 0 bridgehead atoms. The fourth-order valence-electron chi connectivity index (χ4n) is 12.0. The van der Waals surface area contributed by atoms with E-state index in [2.05, 4.69) is 27.7 Å². The van der Waals surface area contributed by atoms with Crippen molar-refractivity contribution in [1.29, 1.82) is 0 Å². The predicted molar refractivity (Wildman–Crippen MR) is 281 cm³/mol. The zero-order valence-corrected chi connectivity index (χ0v) is 42.7. The number of hydrogen-bond acceptors (Lipinski definition) is 10. The molecule has 14 heteroatoms. The standard InChI is InChI=1S/C33H26N2O6.C27H34N2O4/c36-27-13-3-1-11-25(27)31(40)21-7-5-9-23(19-21)34-29(38)15-17-33(34)18-16-30(39)35(33)24-10-6-8-22(20-24)32(41)26-12-2-4-14-28(26)37;1-23(2)21(32)28(17-9-13-19(30)14-10-17)27(25(23,5)6)26(7,8)24(3,4)22(33)29(27)18-11-15-20(31)16-12-18/h1-14,19-20,36-37H,15-18H2;9-16,30-31H,1-8H3. The van der Waals surface area contributed by atoms with Gasteiger partial charge in [0.25, 0.3) is 0 Å². The molecule has 0 radical (unpaired) electrons. The molecule has 0 aliphatic carbocycles. The Morgan fingerprint density at radius 2 is 0.770 bits per heavy atom. The summed E-state index contributed by atoms with van der Waals surface area (Å²) in [6.45, 7) is 16.0. The van der Waals surface area contributed by atoms with Gasteiger partial charge in [-0.2, -0.15) is 0 Å². The van der Waals surface area contributed by atoms with Crippen molar-refractivity contribution in [3.63, 3.8) is 0 Å². The van der Waals surface area contributed by atoms with Crippen LogP contribution in [0.4, 0.5) is 22.7 Å². The number of phenols is 4. The predicted octanol–water partition coefficient (Wildman–Crippen LogP) is 10.5. The Morgan fingerprint density at radius 1 is 0.419 bits per heavy atom.